The summed E-state index contributed by atoms with van der Waals surface area (Å²) in [6, 6.07) is 7.97. The molecule has 0 bridgehead atoms. The second-order valence-corrected chi connectivity index (χ2v) is 6.82. The summed E-state index contributed by atoms with van der Waals surface area (Å²) in [7, 11) is 0. The van der Waals surface area contributed by atoms with Crippen molar-refractivity contribution in [1.82, 2.24) is 15.2 Å². The van der Waals surface area contributed by atoms with Crippen LogP contribution in [-0.2, 0) is 0 Å². The number of nitrogens with two attached hydrogens (primary N) is 1. The summed E-state index contributed by atoms with van der Waals surface area (Å²) in [6.07, 6.45) is 0. The van der Waals surface area contributed by atoms with E-state index in [2.05, 4.69) is 15.2 Å². The maximum absolute atomic E-state index is 7.77. The number of hydrogen-bond donors (Lipinski definition) is 2. The van der Waals surface area contributed by atoms with Crippen LogP contribution in [0, 0.1) is 19.3 Å². The third-order valence-electron chi connectivity index (χ3n) is 3.15. The standard InChI is InChI=1S/C14H13N5S2/c1-7-8(2)18-19-13(11(7)12(15)16)21-14-17-9-5-3-4-6-10(9)20-14/h3-6H,1-2H3,(H3,15,16). The molecular formula is C14H13N5S2. The molecular weight excluding hydrogens is 302 g/mol. The molecule has 3 rings (SSSR count). The number of hydrogen-bond acceptors (Lipinski definition) is 6. The maximum atomic E-state index is 7.77. The van der Waals surface area contributed by atoms with Crippen molar-refractivity contribution in [3.8, 4) is 0 Å². The minimum Gasteiger partial charge on any atom is -0.384 e. The number of amidine groups is 1. The zero-order chi connectivity index (χ0) is 15.0. The first kappa shape index (κ1) is 14.0. The van der Waals surface area contributed by atoms with Gasteiger partial charge in [-0.1, -0.05) is 12.1 Å². The molecule has 0 amide bonds. The SMILES string of the molecule is Cc1nnc(Sc2nc3ccccc3s2)c(C(=N)N)c1C. The molecule has 0 aliphatic carbocycles. The Morgan fingerprint density at radius 3 is 2.71 bits per heavy atom. The summed E-state index contributed by atoms with van der Waals surface area (Å²) >= 11 is 3.00. The van der Waals surface area contributed by atoms with Crippen molar-refractivity contribution in [2.75, 3.05) is 0 Å². The highest BCUT2D eigenvalue weighted by Gasteiger charge is 2.16. The summed E-state index contributed by atoms with van der Waals surface area (Å²) in [5, 5.41) is 16.7. The second kappa shape index (κ2) is 5.42. The van der Waals surface area contributed by atoms with Crippen molar-refractivity contribution in [3.63, 3.8) is 0 Å². The van der Waals surface area contributed by atoms with Gasteiger partial charge in [-0.2, -0.15) is 5.10 Å². The highest BCUT2D eigenvalue weighted by Crippen LogP contribution is 2.35. The fourth-order valence-corrected chi connectivity index (χ4v) is 4.08. The van der Waals surface area contributed by atoms with Crippen LogP contribution in [-0.4, -0.2) is 21.0 Å². The van der Waals surface area contributed by atoms with E-state index in [0.717, 1.165) is 25.8 Å². The van der Waals surface area contributed by atoms with Gasteiger partial charge in [-0.25, -0.2) is 4.98 Å². The molecule has 0 unspecified atom stereocenters. The molecule has 21 heavy (non-hydrogen) atoms. The Kier molecular flexibility index (Phi) is 3.60. The van der Waals surface area contributed by atoms with E-state index in [0.29, 0.717) is 10.6 Å². The molecule has 0 saturated carbocycles. The van der Waals surface area contributed by atoms with Gasteiger partial charge >= 0.3 is 0 Å². The van der Waals surface area contributed by atoms with E-state index < -0.39 is 0 Å². The molecule has 7 heteroatoms. The molecule has 0 fully saturated rings. The van der Waals surface area contributed by atoms with Crippen LogP contribution in [0.4, 0.5) is 0 Å². The molecule has 0 aliphatic rings. The molecule has 2 aromatic heterocycles. The van der Waals surface area contributed by atoms with Gasteiger partial charge in [-0.3, -0.25) is 5.41 Å². The van der Waals surface area contributed by atoms with Gasteiger partial charge in [0.1, 0.15) is 10.9 Å². The number of benzene rings is 1. The van der Waals surface area contributed by atoms with E-state index in [-0.39, 0.29) is 5.84 Å². The third-order valence-corrected chi connectivity index (χ3v) is 5.23. The van der Waals surface area contributed by atoms with Crippen molar-refractivity contribution in [2.45, 2.75) is 23.2 Å². The lowest BCUT2D eigenvalue weighted by Crippen LogP contribution is -2.16. The quantitative estimate of drug-likeness (QED) is 0.572. The number of para-hydroxylation sites is 1. The molecule has 5 nitrogen and oxygen atoms in total. The van der Waals surface area contributed by atoms with E-state index in [9.17, 15) is 0 Å². The van der Waals surface area contributed by atoms with E-state index in [1.54, 1.807) is 11.3 Å². The summed E-state index contributed by atoms with van der Waals surface area (Å²) < 4.78 is 2.00. The van der Waals surface area contributed by atoms with Gasteiger partial charge in [0, 0.05) is 0 Å². The predicted octanol–water partition coefficient (Wildman–Crippen LogP) is 3.14. The molecule has 3 aromatic rings. The van der Waals surface area contributed by atoms with Crippen LogP contribution in [0.5, 0.6) is 0 Å². The monoisotopic (exact) mass is 315 g/mol. The minimum atomic E-state index is 0.00844. The molecule has 0 atom stereocenters. The largest absolute Gasteiger partial charge is 0.384 e. The van der Waals surface area contributed by atoms with E-state index >= 15 is 0 Å². The lowest BCUT2D eigenvalue weighted by Gasteiger charge is -2.09. The molecule has 106 valence electrons. The highest BCUT2D eigenvalue weighted by atomic mass is 32.2. The van der Waals surface area contributed by atoms with Gasteiger partial charge < -0.3 is 5.73 Å². The Morgan fingerprint density at radius 2 is 2.00 bits per heavy atom. The minimum absolute atomic E-state index is 0.00844. The Balaban J connectivity index is 2.05. The van der Waals surface area contributed by atoms with E-state index in [1.165, 1.54) is 11.8 Å². The number of thiazole rings is 1. The van der Waals surface area contributed by atoms with Crippen molar-refractivity contribution in [2.24, 2.45) is 5.73 Å². The molecule has 3 N–H and O–H groups in total. The molecule has 1 aromatic carbocycles. The summed E-state index contributed by atoms with van der Waals surface area (Å²) in [5.74, 6) is 0.00844. The van der Waals surface area contributed by atoms with Gasteiger partial charge in [-0.05, 0) is 43.3 Å². The van der Waals surface area contributed by atoms with Crippen LogP contribution in [0.25, 0.3) is 10.2 Å². The first-order valence-electron chi connectivity index (χ1n) is 6.28. The predicted molar refractivity (Wildman–Crippen MR) is 86.3 cm³/mol. The molecule has 0 radical (unpaired) electrons. The average Bonchev–Trinajstić information content (AvgIpc) is 2.85. The van der Waals surface area contributed by atoms with E-state index in [1.807, 2.05) is 38.1 Å². The summed E-state index contributed by atoms with van der Waals surface area (Å²) in [6.45, 7) is 3.77. The molecule has 0 aliphatic heterocycles. The third kappa shape index (κ3) is 2.62. The summed E-state index contributed by atoms with van der Waals surface area (Å²) in [5.41, 5.74) is 8.98. The molecule has 0 spiro atoms. The van der Waals surface area contributed by atoms with Gasteiger partial charge in [0.05, 0.1) is 21.5 Å². The van der Waals surface area contributed by atoms with Crippen molar-refractivity contribution < 1.29 is 0 Å². The number of aromatic nitrogens is 3. The zero-order valence-corrected chi connectivity index (χ0v) is 13.2. The van der Waals surface area contributed by atoms with Gasteiger partial charge in [-0.15, -0.1) is 16.4 Å². The topological polar surface area (TPSA) is 88.5 Å². The highest BCUT2D eigenvalue weighted by molar-refractivity contribution is 8.01. The second-order valence-electron chi connectivity index (χ2n) is 4.55. The Bertz CT molecular complexity index is 807. The normalized spacial score (nSPS) is 11.0. The van der Waals surface area contributed by atoms with Crippen LogP contribution in [0.1, 0.15) is 16.8 Å². The van der Waals surface area contributed by atoms with Crippen LogP contribution in [0.2, 0.25) is 0 Å². The van der Waals surface area contributed by atoms with Gasteiger partial charge in [0.2, 0.25) is 0 Å². The number of rotatable bonds is 3. The first-order chi connectivity index (χ1) is 10.1. The Morgan fingerprint density at radius 1 is 1.24 bits per heavy atom. The van der Waals surface area contributed by atoms with Gasteiger partial charge in [0.15, 0.2) is 4.34 Å². The van der Waals surface area contributed by atoms with Crippen LogP contribution < -0.4 is 5.73 Å². The smallest absolute Gasteiger partial charge is 0.157 e. The number of nitrogens with zero attached hydrogens (tertiary/aromatic N) is 3. The van der Waals surface area contributed by atoms with Crippen LogP contribution in [0.3, 0.4) is 0 Å². The lowest BCUT2D eigenvalue weighted by molar-refractivity contribution is 0.872. The zero-order valence-electron chi connectivity index (χ0n) is 11.5. The molecule has 0 saturated heterocycles. The average molecular weight is 315 g/mol. The fraction of sp³-hybridized carbons (Fsp3) is 0.143. The Hall–Kier alpha value is -1.99. The number of nitrogen functional groups attached to an aromatic ring is 1. The first-order valence-corrected chi connectivity index (χ1v) is 7.91. The van der Waals surface area contributed by atoms with Crippen molar-refractivity contribution in [3.05, 3.63) is 41.1 Å². The van der Waals surface area contributed by atoms with Crippen molar-refractivity contribution >= 4 is 39.2 Å². The molecule has 2 heterocycles. The van der Waals surface area contributed by atoms with Gasteiger partial charge in [0.25, 0.3) is 0 Å². The lowest BCUT2D eigenvalue weighted by atomic mass is 10.1. The number of nitrogens with one attached hydrogen (secondary N) is 1. The van der Waals surface area contributed by atoms with E-state index in [4.69, 9.17) is 11.1 Å². The maximum Gasteiger partial charge on any atom is 0.157 e. The summed E-state index contributed by atoms with van der Waals surface area (Å²) in [4.78, 5) is 4.56. The number of fused-ring (bicyclic) bond motifs is 1. The van der Waals surface area contributed by atoms with Crippen LogP contribution in [0.15, 0.2) is 33.6 Å². The van der Waals surface area contributed by atoms with Crippen LogP contribution >= 0.6 is 23.1 Å². The number of aryl methyl sites for hydroxylation is 1. The van der Waals surface area contributed by atoms with Crippen molar-refractivity contribution in [1.29, 1.82) is 5.41 Å². The Labute approximate surface area is 130 Å². The fourth-order valence-electron chi connectivity index (χ4n) is 1.95.